The fourth-order valence-corrected chi connectivity index (χ4v) is 8.48. The fourth-order valence-electron chi connectivity index (χ4n) is 8.48. The molecular formula is C74H118O6. The van der Waals surface area contributed by atoms with Crippen LogP contribution in [0.5, 0.6) is 0 Å². The molecule has 0 heterocycles. The standard InChI is InChI=1S/C74H118O6/c1-4-7-10-13-16-19-22-24-26-28-29-30-31-32-33-34-35-36-37-38-39-40-41-42-43-44-45-47-48-50-52-55-58-61-64-67-73(76)79-70-71(69-78-72(75)66-63-60-57-54-21-18-15-12-9-6-3)80-74(77)68-65-62-59-56-53-51-49-46-27-25-23-20-17-14-11-8-5-2/h7-8,10-11,16-17,19-20,24-27,29-30,32-33,35-36,38-39,41-42,44-45,49,51,71H,4-6,9,12-15,18,21-23,28,31,34,37,40,43,46-48,50,52-70H2,1-3H3/b10-7-,11-8-,19-16-,20-17-,26-24-,27-25-,30-29-,33-32-,36-35-,39-38-,42-41-,45-44-,51-49-. The first kappa shape index (κ1) is 75.0. The van der Waals surface area contributed by atoms with Crippen LogP contribution in [0, 0.1) is 0 Å². The number of carbonyl (C=O) groups excluding carboxylic acids is 3. The first-order valence-corrected chi connectivity index (χ1v) is 32.5. The molecule has 6 nitrogen and oxygen atoms in total. The maximum absolute atomic E-state index is 12.9. The Balaban J connectivity index is 4.27. The summed E-state index contributed by atoms with van der Waals surface area (Å²) in [6, 6.07) is 0. The van der Waals surface area contributed by atoms with Crippen molar-refractivity contribution in [1.82, 2.24) is 0 Å². The highest BCUT2D eigenvalue weighted by Gasteiger charge is 2.19. The van der Waals surface area contributed by atoms with E-state index in [1.54, 1.807) is 0 Å². The van der Waals surface area contributed by atoms with Crippen LogP contribution in [0.25, 0.3) is 0 Å². The molecular weight excluding hydrogens is 985 g/mol. The Kier molecular flexibility index (Phi) is 62.4. The first-order chi connectivity index (χ1) is 39.5. The maximum Gasteiger partial charge on any atom is 0.306 e. The van der Waals surface area contributed by atoms with Gasteiger partial charge in [-0.2, -0.15) is 0 Å². The molecule has 0 saturated heterocycles. The average molecular weight is 1100 g/mol. The van der Waals surface area contributed by atoms with E-state index in [4.69, 9.17) is 14.2 Å². The zero-order valence-electron chi connectivity index (χ0n) is 51.5. The lowest BCUT2D eigenvalue weighted by Crippen LogP contribution is -2.30. The van der Waals surface area contributed by atoms with Crippen molar-refractivity contribution >= 4 is 17.9 Å². The number of hydrogen-bond donors (Lipinski definition) is 0. The molecule has 0 fully saturated rings. The molecule has 0 rings (SSSR count). The van der Waals surface area contributed by atoms with Crippen molar-refractivity contribution in [3.05, 3.63) is 158 Å². The minimum absolute atomic E-state index is 0.0948. The van der Waals surface area contributed by atoms with Crippen molar-refractivity contribution in [2.45, 2.75) is 277 Å². The summed E-state index contributed by atoms with van der Waals surface area (Å²) in [7, 11) is 0. The van der Waals surface area contributed by atoms with E-state index in [1.807, 2.05) is 0 Å². The zero-order chi connectivity index (χ0) is 57.8. The second-order valence-electron chi connectivity index (χ2n) is 20.9. The van der Waals surface area contributed by atoms with Crippen LogP contribution in [-0.2, 0) is 28.6 Å². The van der Waals surface area contributed by atoms with Gasteiger partial charge in [0.1, 0.15) is 13.2 Å². The Morgan fingerprint density at radius 3 is 0.762 bits per heavy atom. The number of esters is 3. The number of rotatable bonds is 57. The van der Waals surface area contributed by atoms with E-state index in [9.17, 15) is 14.4 Å². The smallest absolute Gasteiger partial charge is 0.306 e. The third kappa shape index (κ3) is 63.9. The van der Waals surface area contributed by atoms with E-state index in [1.165, 1.54) is 70.6 Å². The monoisotopic (exact) mass is 1100 g/mol. The van der Waals surface area contributed by atoms with Crippen LogP contribution in [0.4, 0.5) is 0 Å². The summed E-state index contributed by atoms with van der Waals surface area (Å²) in [5, 5.41) is 0. The third-order valence-corrected chi connectivity index (χ3v) is 13.3. The molecule has 80 heavy (non-hydrogen) atoms. The number of carbonyl (C=O) groups is 3. The molecule has 0 spiro atoms. The Morgan fingerprint density at radius 1 is 0.263 bits per heavy atom. The molecule has 0 aliphatic rings. The van der Waals surface area contributed by atoms with Gasteiger partial charge in [-0.1, -0.05) is 281 Å². The fraction of sp³-hybridized carbons (Fsp3) is 0.608. The van der Waals surface area contributed by atoms with Crippen LogP contribution < -0.4 is 0 Å². The van der Waals surface area contributed by atoms with Gasteiger partial charge in [0.2, 0.25) is 0 Å². The van der Waals surface area contributed by atoms with Gasteiger partial charge >= 0.3 is 17.9 Å². The molecule has 450 valence electrons. The molecule has 1 unspecified atom stereocenters. The predicted octanol–water partition coefficient (Wildman–Crippen LogP) is 22.5. The van der Waals surface area contributed by atoms with Gasteiger partial charge in [0.25, 0.3) is 0 Å². The van der Waals surface area contributed by atoms with Crippen LogP contribution in [0.15, 0.2) is 158 Å². The minimum atomic E-state index is -0.800. The van der Waals surface area contributed by atoms with Crippen molar-refractivity contribution in [1.29, 1.82) is 0 Å². The number of allylic oxidation sites excluding steroid dienone is 26. The van der Waals surface area contributed by atoms with Crippen molar-refractivity contribution in [3.63, 3.8) is 0 Å². The summed E-state index contributed by atoms with van der Waals surface area (Å²) in [6.45, 7) is 6.37. The Hall–Kier alpha value is -4.97. The SMILES string of the molecule is CC/C=C\C/C=C\C/C=C\C/C=C\C/C=C\C/C=C\C/C=C\C/C=C\C/C=C\CCCCCCCCCC(=O)OCC(COC(=O)CCCCCCCCCCCC)OC(=O)CCCCCC/C=C\C/C=C\C/C=C\C/C=C\CC. The molecule has 0 aliphatic heterocycles. The highest BCUT2D eigenvalue weighted by atomic mass is 16.6. The highest BCUT2D eigenvalue weighted by molar-refractivity contribution is 5.71. The Labute approximate surface area is 492 Å². The summed E-state index contributed by atoms with van der Waals surface area (Å²) < 4.78 is 16.8. The summed E-state index contributed by atoms with van der Waals surface area (Å²) in [4.78, 5) is 38.2. The summed E-state index contributed by atoms with van der Waals surface area (Å²) >= 11 is 0. The molecule has 0 amide bonds. The summed E-state index contributed by atoms with van der Waals surface area (Å²) in [5.41, 5.74) is 0. The van der Waals surface area contributed by atoms with E-state index >= 15 is 0 Å². The van der Waals surface area contributed by atoms with Gasteiger partial charge in [-0.15, -0.1) is 0 Å². The van der Waals surface area contributed by atoms with Gasteiger partial charge in [-0.3, -0.25) is 14.4 Å². The minimum Gasteiger partial charge on any atom is -0.462 e. The average Bonchev–Trinajstić information content (AvgIpc) is 3.46. The van der Waals surface area contributed by atoms with Crippen LogP contribution in [0.3, 0.4) is 0 Å². The van der Waals surface area contributed by atoms with Gasteiger partial charge in [-0.25, -0.2) is 0 Å². The van der Waals surface area contributed by atoms with E-state index in [-0.39, 0.29) is 31.1 Å². The normalized spacial score (nSPS) is 13.2. The molecule has 0 aromatic heterocycles. The van der Waals surface area contributed by atoms with Crippen LogP contribution in [0.1, 0.15) is 271 Å². The Bertz CT molecular complexity index is 1790. The third-order valence-electron chi connectivity index (χ3n) is 13.3. The Morgan fingerprint density at radius 2 is 0.487 bits per heavy atom. The lowest BCUT2D eigenvalue weighted by atomic mass is 10.1. The van der Waals surface area contributed by atoms with Crippen LogP contribution in [0.2, 0.25) is 0 Å². The molecule has 0 bridgehead atoms. The predicted molar refractivity (Wildman–Crippen MR) is 348 cm³/mol. The topological polar surface area (TPSA) is 78.9 Å². The summed E-state index contributed by atoms with van der Waals surface area (Å²) in [6.07, 6.45) is 96.9. The number of ether oxygens (including phenoxy) is 3. The molecule has 1 atom stereocenters. The van der Waals surface area contributed by atoms with Crippen LogP contribution in [-0.4, -0.2) is 37.2 Å². The second-order valence-corrected chi connectivity index (χ2v) is 20.9. The van der Waals surface area contributed by atoms with Crippen molar-refractivity contribution in [2.24, 2.45) is 0 Å². The number of unbranched alkanes of at least 4 members (excludes halogenated alkanes) is 20. The van der Waals surface area contributed by atoms with Crippen molar-refractivity contribution < 1.29 is 28.6 Å². The quantitative estimate of drug-likeness (QED) is 0.0261. The molecule has 0 aromatic carbocycles. The molecule has 0 saturated carbocycles. The largest absolute Gasteiger partial charge is 0.462 e. The van der Waals surface area contributed by atoms with Gasteiger partial charge in [0, 0.05) is 19.3 Å². The maximum atomic E-state index is 12.9. The van der Waals surface area contributed by atoms with Crippen molar-refractivity contribution in [2.75, 3.05) is 13.2 Å². The summed E-state index contributed by atoms with van der Waals surface area (Å²) in [5.74, 6) is -0.934. The molecule has 6 heteroatoms. The molecule has 0 aliphatic carbocycles. The molecule has 0 aromatic rings. The van der Waals surface area contributed by atoms with Crippen LogP contribution >= 0.6 is 0 Å². The second kappa shape index (κ2) is 66.5. The first-order valence-electron chi connectivity index (χ1n) is 32.5. The highest BCUT2D eigenvalue weighted by Crippen LogP contribution is 2.15. The van der Waals surface area contributed by atoms with Gasteiger partial charge < -0.3 is 14.2 Å². The number of hydrogen-bond acceptors (Lipinski definition) is 6. The van der Waals surface area contributed by atoms with E-state index in [0.29, 0.717) is 19.3 Å². The van der Waals surface area contributed by atoms with Gasteiger partial charge in [0.05, 0.1) is 0 Å². The molecule has 0 radical (unpaired) electrons. The van der Waals surface area contributed by atoms with E-state index < -0.39 is 6.10 Å². The van der Waals surface area contributed by atoms with Gasteiger partial charge in [0.15, 0.2) is 6.10 Å². The van der Waals surface area contributed by atoms with Crippen molar-refractivity contribution in [3.8, 4) is 0 Å². The van der Waals surface area contributed by atoms with E-state index in [0.717, 1.165) is 161 Å². The zero-order valence-corrected chi connectivity index (χ0v) is 51.5. The van der Waals surface area contributed by atoms with Gasteiger partial charge in [-0.05, 0) is 128 Å². The van der Waals surface area contributed by atoms with E-state index in [2.05, 4.69) is 179 Å². The lowest BCUT2D eigenvalue weighted by Gasteiger charge is -2.18. The molecule has 0 N–H and O–H groups in total. The lowest BCUT2D eigenvalue weighted by molar-refractivity contribution is -0.167.